The predicted molar refractivity (Wildman–Crippen MR) is 95.9 cm³/mol. The van der Waals surface area contributed by atoms with Crippen LogP contribution in [0, 0.1) is 5.92 Å². The van der Waals surface area contributed by atoms with Gasteiger partial charge in [-0.2, -0.15) is 0 Å². The summed E-state index contributed by atoms with van der Waals surface area (Å²) in [7, 11) is 0. The van der Waals surface area contributed by atoms with Crippen molar-refractivity contribution in [2.24, 2.45) is 11.7 Å². The molecule has 6 heteroatoms. The number of carbonyl (C=O) groups is 2. The van der Waals surface area contributed by atoms with Crippen LogP contribution in [-0.2, 0) is 4.79 Å². The number of nitrogens with one attached hydrogen (secondary N) is 2. The molecule has 0 unspecified atom stereocenters. The average Bonchev–Trinajstić information content (AvgIpc) is 2.44. The fourth-order valence-electron chi connectivity index (χ4n) is 2.29. The van der Waals surface area contributed by atoms with Crippen molar-refractivity contribution in [1.82, 2.24) is 10.6 Å². The maximum absolute atomic E-state index is 12.2. The van der Waals surface area contributed by atoms with Gasteiger partial charge in [0, 0.05) is 10.5 Å². The first-order valence-electron chi connectivity index (χ1n) is 7.88. The zero-order valence-corrected chi connectivity index (χ0v) is 15.5. The number of halogens is 1. The average molecular weight is 384 g/mol. The molecule has 1 rings (SSSR count). The van der Waals surface area contributed by atoms with Crippen LogP contribution in [0.2, 0.25) is 0 Å². The Hall–Kier alpha value is -1.56. The second kappa shape index (κ2) is 9.55. The van der Waals surface area contributed by atoms with Gasteiger partial charge in [0.1, 0.15) is 0 Å². The van der Waals surface area contributed by atoms with Crippen LogP contribution in [0.15, 0.2) is 28.7 Å². The van der Waals surface area contributed by atoms with E-state index in [0.717, 1.165) is 22.9 Å². The molecule has 0 heterocycles. The summed E-state index contributed by atoms with van der Waals surface area (Å²) in [5, 5.41) is 5.61. The fourth-order valence-corrected chi connectivity index (χ4v) is 2.56. The normalized spacial score (nSPS) is 13.4. The quantitative estimate of drug-likeness (QED) is 0.641. The summed E-state index contributed by atoms with van der Waals surface area (Å²) in [5.41, 5.74) is 6.07. The van der Waals surface area contributed by atoms with Gasteiger partial charge < -0.3 is 16.4 Å². The number of carbonyl (C=O) groups excluding carboxylic acids is 2. The molecule has 5 nitrogen and oxygen atoms in total. The highest BCUT2D eigenvalue weighted by Crippen LogP contribution is 2.20. The van der Waals surface area contributed by atoms with Gasteiger partial charge in [-0.15, -0.1) is 0 Å². The lowest BCUT2D eigenvalue weighted by atomic mass is 10.0. The number of hydrogen-bond donors (Lipinski definition) is 3. The molecule has 4 N–H and O–H groups in total. The van der Waals surface area contributed by atoms with Crippen molar-refractivity contribution in [2.75, 3.05) is 0 Å². The molecule has 0 spiro atoms. The molecule has 0 fully saturated rings. The van der Waals surface area contributed by atoms with Crippen molar-refractivity contribution in [3.8, 4) is 0 Å². The van der Waals surface area contributed by atoms with Gasteiger partial charge in [0.15, 0.2) is 0 Å². The van der Waals surface area contributed by atoms with Crippen LogP contribution in [0.4, 0.5) is 4.79 Å². The molecule has 0 aromatic heterocycles. The number of urea groups is 1. The lowest BCUT2D eigenvalue weighted by Crippen LogP contribution is -2.39. The van der Waals surface area contributed by atoms with Crippen LogP contribution in [0.5, 0.6) is 0 Å². The second-order valence-corrected chi connectivity index (χ2v) is 7.17. The van der Waals surface area contributed by atoms with Gasteiger partial charge in [-0.25, -0.2) is 4.79 Å². The largest absolute Gasteiger partial charge is 0.354 e. The summed E-state index contributed by atoms with van der Waals surface area (Å²) in [5.74, 6) is 0.518. The van der Waals surface area contributed by atoms with E-state index in [1.807, 2.05) is 31.2 Å². The molecule has 128 valence electrons. The van der Waals surface area contributed by atoms with E-state index < -0.39 is 12.1 Å². The Balaban J connectivity index is 2.64. The van der Waals surface area contributed by atoms with Crippen LogP contribution < -0.4 is 16.4 Å². The van der Waals surface area contributed by atoms with Gasteiger partial charge in [-0.3, -0.25) is 4.79 Å². The number of benzene rings is 1. The fraction of sp³-hybridized carbons (Fsp3) is 0.529. The Morgan fingerprint density at radius 2 is 1.70 bits per heavy atom. The van der Waals surface area contributed by atoms with Crippen molar-refractivity contribution < 1.29 is 9.59 Å². The van der Waals surface area contributed by atoms with Gasteiger partial charge >= 0.3 is 6.03 Å². The molecule has 1 aromatic carbocycles. The van der Waals surface area contributed by atoms with Gasteiger partial charge in [-0.05, 0) is 43.4 Å². The number of hydrogen-bond acceptors (Lipinski definition) is 2. The molecular formula is C17H26BrN3O2. The van der Waals surface area contributed by atoms with E-state index in [2.05, 4.69) is 40.4 Å². The van der Waals surface area contributed by atoms with Crippen molar-refractivity contribution >= 4 is 27.9 Å². The summed E-state index contributed by atoms with van der Waals surface area (Å²) in [6.45, 7) is 6.32. The van der Waals surface area contributed by atoms with Gasteiger partial charge in [-0.1, -0.05) is 41.9 Å². The smallest absolute Gasteiger partial charge is 0.312 e. The van der Waals surface area contributed by atoms with Crippen LogP contribution in [0.25, 0.3) is 0 Å². The van der Waals surface area contributed by atoms with E-state index in [1.165, 1.54) is 0 Å². The third-order valence-electron chi connectivity index (χ3n) is 3.56. The SMILES string of the molecule is CC(C)CC[C@@H](C)NC(=O)C[C@H](NC(N)=O)c1ccc(Br)cc1. The Morgan fingerprint density at radius 3 is 2.22 bits per heavy atom. The van der Waals surface area contributed by atoms with E-state index in [9.17, 15) is 9.59 Å². The third-order valence-corrected chi connectivity index (χ3v) is 4.09. The van der Waals surface area contributed by atoms with E-state index >= 15 is 0 Å². The molecule has 23 heavy (non-hydrogen) atoms. The van der Waals surface area contributed by atoms with Gasteiger partial charge in [0.2, 0.25) is 5.91 Å². The minimum Gasteiger partial charge on any atom is -0.354 e. The molecule has 0 bridgehead atoms. The minimum absolute atomic E-state index is 0.0945. The van der Waals surface area contributed by atoms with E-state index in [0.29, 0.717) is 5.92 Å². The maximum atomic E-state index is 12.2. The molecule has 0 radical (unpaired) electrons. The molecule has 0 saturated carbocycles. The zero-order chi connectivity index (χ0) is 17.4. The molecule has 0 saturated heterocycles. The molecular weight excluding hydrogens is 358 g/mol. The minimum atomic E-state index is -0.640. The number of nitrogens with two attached hydrogens (primary N) is 1. The zero-order valence-electron chi connectivity index (χ0n) is 13.9. The molecule has 0 aliphatic heterocycles. The molecule has 3 amide bonds. The summed E-state index contributed by atoms with van der Waals surface area (Å²) in [4.78, 5) is 23.4. The highest BCUT2D eigenvalue weighted by atomic mass is 79.9. The highest BCUT2D eigenvalue weighted by molar-refractivity contribution is 9.10. The van der Waals surface area contributed by atoms with Crippen LogP contribution in [0.1, 0.15) is 51.6 Å². The lowest BCUT2D eigenvalue weighted by molar-refractivity contribution is -0.122. The first kappa shape index (κ1) is 19.5. The Labute approximate surface area is 146 Å². The lowest BCUT2D eigenvalue weighted by Gasteiger charge is -2.20. The van der Waals surface area contributed by atoms with E-state index in [-0.39, 0.29) is 18.4 Å². The number of primary amides is 1. The summed E-state index contributed by atoms with van der Waals surface area (Å²) >= 11 is 3.37. The van der Waals surface area contributed by atoms with E-state index in [1.54, 1.807) is 0 Å². The Morgan fingerprint density at radius 1 is 1.09 bits per heavy atom. The Kier molecular flexibility index (Phi) is 8.09. The van der Waals surface area contributed by atoms with Crippen molar-refractivity contribution in [2.45, 2.75) is 52.1 Å². The maximum Gasteiger partial charge on any atom is 0.312 e. The first-order chi connectivity index (χ1) is 10.8. The van der Waals surface area contributed by atoms with Gasteiger partial charge in [0.25, 0.3) is 0 Å². The number of amides is 3. The summed E-state index contributed by atoms with van der Waals surface area (Å²) in [6, 6.07) is 6.50. The van der Waals surface area contributed by atoms with Crippen LogP contribution in [0.3, 0.4) is 0 Å². The number of rotatable bonds is 8. The standard InChI is InChI=1S/C17H26BrN3O2/c1-11(2)4-5-12(3)20-16(22)10-15(21-17(19)23)13-6-8-14(18)9-7-13/h6-9,11-12,15H,4-5,10H2,1-3H3,(H,20,22)(H3,19,21,23)/t12-,15+/m1/s1. The highest BCUT2D eigenvalue weighted by Gasteiger charge is 2.18. The van der Waals surface area contributed by atoms with Crippen LogP contribution >= 0.6 is 15.9 Å². The van der Waals surface area contributed by atoms with Gasteiger partial charge in [0.05, 0.1) is 12.5 Å². The summed E-state index contributed by atoms with van der Waals surface area (Å²) < 4.78 is 0.936. The topological polar surface area (TPSA) is 84.2 Å². The third kappa shape index (κ3) is 8.02. The molecule has 2 atom stereocenters. The first-order valence-corrected chi connectivity index (χ1v) is 8.68. The predicted octanol–water partition coefficient (Wildman–Crippen LogP) is 3.49. The second-order valence-electron chi connectivity index (χ2n) is 6.26. The molecule has 0 aliphatic rings. The van der Waals surface area contributed by atoms with Crippen molar-refractivity contribution in [3.05, 3.63) is 34.3 Å². The van der Waals surface area contributed by atoms with Crippen molar-refractivity contribution in [3.63, 3.8) is 0 Å². The monoisotopic (exact) mass is 383 g/mol. The Bertz CT molecular complexity index is 517. The van der Waals surface area contributed by atoms with E-state index in [4.69, 9.17) is 5.73 Å². The molecule has 0 aliphatic carbocycles. The molecule has 1 aromatic rings. The summed E-state index contributed by atoms with van der Waals surface area (Å²) in [6.07, 6.45) is 2.17. The van der Waals surface area contributed by atoms with Crippen molar-refractivity contribution in [1.29, 1.82) is 0 Å². The van der Waals surface area contributed by atoms with Crippen LogP contribution in [-0.4, -0.2) is 18.0 Å².